The number of anilines is 1. The molecule has 0 heterocycles. The summed E-state index contributed by atoms with van der Waals surface area (Å²) in [4.78, 5) is 12.2. The molecule has 23 heavy (non-hydrogen) atoms. The van der Waals surface area contributed by atoms with Gasteiger partial charge in [-0.3, -0.25) is 10.1 Å². The Bertz CT molecular complexity index is 774. The summed E-state index contributed by atoms with van der Waals surface area (Å²) >= 11 is 16.8. The minimum absolute atomic E-state index is 0.0304. The fourth-order valence-electron chi connectivity index (χ4n) is 2.10. The number of phenols is 1. The Morgan fingerprint density at radius 2 is 1.70 bits per heavy atom. The molecule has 0 bridgehead atoms. The van der Waals surface area contributed by atoms with E-state index in [2.05, 4.69) is 10.6 Å². The van der Waals surface area contributed by atoms with Gasteiger partial charge in [-0.2, -0.15) is 0 Å². The lowest BCUT2D eigenvalue weighted by atomic mass is 10.1. The summed E-state index contributed by atoms with van der Waals surface area (Å²) in [6, 6.07) is 8.36. The van der Waals surface area contributed by atoms with Crippen molar-refractivity contribution in [2.24, 2.45) is 0 Å². The number of rotatable bonds is 2. The first kappa shape index (κ1) is 17.5. The van der Waals surface area contributed by atoms with Crippen molar-refractivity contribution in [2.75, 3.05) is 5.32 Å². The van der Waals surface area contributed by atoms with Crippen LogP contribution in [-0.2, 0) is 0 Å². The van der Waals surface area contributed by atoms with Crippen LogP contribution in [0, 0.1) is 13.8 Å². The molecule has 0 atom stereocenters. The molecule has 2 aromatic rings. The maximum atomic E-state index is 12.2. The van der Waals surface area contributed by atoms with Crippen LogP contribution in [0.15, 0.2) is 30.3 Å². The van der Waals surface area contributed by atoms with Gasteiger partial charge in [-0.05, 0) is 50.3 Å². The van der Waals surface area contributed by atoms with E-state index in [1.54, 1.807) is 12.1 Å². The van der Waals surface area contributed by atoms with Crippen LogP contribution >= 0.6 is 35.4 Å². The molecular formula is C16H14Cl2N2O2S. The summed E-state index contributed by atoms with van der Waals surface area (Å²) in [6.07, 6.45) is 0. The Labute approximate surface area is 149 Å². The molecule has 0 fully saturated rings. The zero-order valence-electron chi connectivity index (χ0n) is 12.4. The number of benzene rings is 2. The van der Waals surface area contributed by atoms with Crippen LogP contribution in [-0.4, -0.2) is 16.1 Å². The van der Waals surface area contributed by atoms with Gasteiger partial charge in [-0.25, -0.2) is 0 Å². The predicted molar refractivity (Wildman–Crippen MR) is 97.7 cm³/mol. The topological polar surface area (TPSA) is 61.4 Å². The highest BCUT2D eigenvalue weighted by molar-refractivity contribution is 7.80. The van der Waals surface area contributed by atoms with Gasteiger partial charge in [0.05, 0.1) is 10.7 Å². The van der Waals surface area contributed by atoms with Crippen LogP contribution < -0.4 is 10.6 Å². The van der Waals surface area contributed by atoms with Gasteiger partial charge in [0.15, 0.2) is 10.9 Å². The van der Waals surface area contributed by atoms with Crippen molar-refractivity contribution in [3.63, 3.8) is 0 Å². The van der Waals surface area contributed by atoms with E-state index in [4.69, 9.17) is 35.4 Å². The summed E-state index contributed by atoms with van der Waals surface area (Å²) in [5.74, 6) is -0.541. The van der Waals surface area contributed by atoms with E-state index in [1.807, 2.05) is 19.9 Å². The third-order valence-electron chi connectivity index (χ3n) is 2.99. The lowest BCUT2D eigenvalue weighted by Crippen LogP contribution is -2.34. The minimum atomic E-state index is -0.345. The largest absolute Gasteiger partial charge is 0.504 e. The molecule has 2 aromatic carbocycles. The van der Waals surface area contributed by atoms with E-state index in [-0.39, 0.29) is 27.5 Å². The van der Waals surface area contributed by atoms with E-state index in [9.17, 15) is 9.90 Å². The molecule has 0 aliphatic heterocycles. The second-order valence-corrected chi connectivity index (χ2v) is 6.32. The van der Waals surface area contributed by atoms with Crippen LogP contribution in [0.25, 0.3) is 0 Å². The van der Waals surface area contributed by atoms with Crippen molar-refractivity contribution < 1.29 is 9.90 Å². The van der Waals surface area contributed by atoms with E-state index in [0.717, 1.165) is 11.1 Å². The number of halogens is 2. The van der Waals surface area contributed by atoms with E-state index in [0.29, 0.717) is 10.6 Å². The molecule has 2 rings (SSSR count). The van der Waals surface area contributed by atoms with Gasteiger partial charge in [0.2, 0.25) is 0 Å². The zero-order chi connectivity index (χ0) is 17.1. The van der Waals surface area contributed by atoms with Gasteiger partial charge < -0.3 is 10.4 Å². The molecule has 0 aliphatic rings. The van der Waals surface area contributed by atoms with Crippen LogP contribution in [0.3, 0.4) is 0 Å². The second kappa shape index (κ2) is 7.17. The second-order valence-electron chi connectivity index (χ2n) is 5.07. The quantitative estimate of drug-likeness (QED) is 0.541. The number of aromatic hydroxyl groups is 1. The molecule has 7 heteroatoms. The Morgan fingerprint density at radius 3 is 2.30 bits per heavy atom. The third-order valence-corrected chi connectivity index (χ3v) is 3.70. The molecule has 3 N–H and O–H groups in total. The highest BCUT2D eigenvalue weighted by Gasteiger charge is 2.12. The number of carbonyl (C=O) groups excluding carboxylic acids is 1. The van der Waals surface area contributed by atoms with Gasteiger partial charge in [0.25, 0.3) is 5.91 Å². The van der Waals surface area contributed by atoms with Crippen molar-refractivity contribution in [2.45, 2.75) is 13.8 Å². The average Bonchev–Trinajstić information content (AvgIpc) is 2.43. The van der Waals surface area contributed by atoms with Gasteiger partial charge in [0, 0.05) is 10.6 Å². The Balaban J connectivity index is 2.12. The number of amides is 1. The first-order valence-corrected chi connectivity index (χ1v) is 7.81. The number of phenolic OH excluding ortho intramolecular Hbond substituents is 1. The number of hydrogen-bond donors (Lipinski definition) is 3. The summed E-state index contributed by atoms with van der Waals surface area (Å²) < 4.78 is 0. The molecule has 120 valence electrons. The molecule has 0 radical (unpaired) electrons. The van der Waals surface area contributed by atoms with Crippen LogP contribution in [0.1, 0.15) is 21.5 Å². The summed E-state index contributed by atoms with van der Waals surface area (Å²) in [5, 5.41) is 15.6. The number of hydrogen-bond acceptors (Lipinski definition) is 3. The smallest absolute Gasteiger partial charge is 0.257 e. The Kier molecular flexibility index (Phi) is 5.46. The molecule has 0 saturated heterocycles. The average molecular weight is 369 g/mol. The van der Waals surface area contributed by atoms with Gasteiger partial charge >= 0.3 is 0 Å². The highest BCUT2D eigenvalue weighted by atomic mass is 35.5. The highest BCUT2D eigenvalue weighted by Crippen LogP contribution is 2.34. The predicted octanol–water partition coefficient (Wildman–Crippen LogP) is 4.44. The SMILES string of the molecule is Cc1cc(C)cc(C(=O)NC(=S)Nc2cc(Cl)cc(Cl)c2O)c1. The maximum Gasteiger partial charge on any atom is 0.257 e. The molecule has 1 amide bonds. The standard InChI is InChI=1S/C16H14Cl2N2O2S/c1-8-3-9(2)5-10(4-8)15(22)20-16(23)19-13-7-11(17)6-12(18)14(13)21/h3-7,21H,1-2H3,(H2,19,20,22,23). The van der Waals surface area contributed by atoms with E-state index < -0.39 is 0 Å². The molecule has 0 unspecified atom stereocenters. The van der Waals surface area contributed by atoms with Crippen molar-refractivity contribution in [3.8, 4) is 5.75 Å². The fourth-order valence-corrected chi connectivity index (χ4v) is 2.79. The molecule has 0 spiro atoms. The Morgan fingerprint density at radius 1 is 1.09 bits per heavy atom. The number of aryl methyl sites for hydroxylation is 2. The fraction of sp³-hybridized carbons (Fsp3) is 0.125. The monoisotopic (exact) mass is 368 g/mol. The summed E-state index contributed by atoms with van der Waals surface area (Å²) in [5.41, 5.74) is 2.68. The van der Waals surface area contributed by atoms with Crippen LogP contribution in [0.5, 0.6) is 5.75 Å². The molecular weight excluding hydrogens is 355 g/mol. The lowest BCUT2D eigenvalue weighted by Gasteiger charge is -2.12. The number of thiocarbonyl (C=S) groups is 1. The third kappa shape index (κ3) is 4.58. The number of nitrogens with one attached hydrogen (secondary N) is 2. The zero-order valence-corrected chi connectivity index (χ0v) is 14.7. The first-order chi connectivity index (χ1) is 10.8. The summed E-state index contributed by atoms with van der Waals surface area (Å²) in [6.45, 7) is 3.82. The summed E-state index contributed by atoms with van der Waals surface area (Å²) in [7, 11) is 0. The van der Waals surface area contributed by atoms with E-state index >= 15 is 0 Å². The maximum absolute atomic E-state index is 12.2. The van der Waals surface area contributed by atoms with Crippen LogP contribution in [0.4, 0.5) is 5.69 Å². The van der Waals surface area contributed by atoms with Crippen molar-refractivity contribution >= 4 is 52.1 Å². The van der Waals surface area contributed by atoms with Gasteiger partial charge in [-0.1, -0.05) is 40.4 Å². The minimum Gasteiger partial charge on any atom is -0.504 e. The van der Waals surface area contributed by atoms with Gasteiger partial charge in [0.1, 0.15) is 0 Å². The van der Waals surface area contributed by atoms with Crippen molar-refractivity contribution in [1.29, 1.82) is 0 Å². The first-order valence-electron chi connectivity index (χ1n) is 6.65. The molecule has 0 aromatic heterocycles. The normalized spacial score (nSPS) is 10.3. The van der Waals surface area contributed by atoms with Crippen LogP contribution in [0.2, 0.25) is 10.0 Å². The molecule has 0 aliphatic carbocycles. The van der Waals surface area contributed by atoms with E-state index in [1.165, 1.54) is 12.1 Å². The van der Waals surface area contributed by atoms with Crippen molar-refractivity contribution in [1.82, 2.24) is 5.32 Å². The molecule has 0 saturated carbocycles. The molecule has 4 nitrogen and oxygen atoms in total. The number of carbonyl (C=O) groups is 1. The van der Waals surface area contributed by atoms with Crippen molar-refractivity contribution in [3.05, 3.63) is 57.1 Å². The van der Waals surface area contributed by atoms with Gasteiger partial charge in [-0.15, -0.1) is 0 Å². The Hall–Kier alpha value is -1.82. The lowest BCUT2D eigenvalue weighted by molar-refractivity contribution is 0.0977.